The number of aromatic nitrogens is 4. The van der Waals surface area contributed by atoms with E-state index in [2.05, 4.69) is 101 Å². The van der Waals surface area contributed by atoms with E-state index in [1.807, 2.05) is 116 Å². The molecule has 3 aromatic heterocycles. The van der Waals surface area contributed by atoms with Gasteiger partial charge < -0.3 is 9.13 Å². The van der Waals surface area contributed by atoms with Gasteiger partial charge in [0.15, 0.2) is 5.82 Å². The van der Waals surface area contributed by atoms with E-state index < -0.39 is 11.0 Å². The number of nitrogens with zero attached hydrogens (tertiary/aromatic N) is 8. The topological polar surface area (TPSA) is 131 Å². The quantitative estimate of drug-likeness (QED) is 0.164. The number of rotatable bonds is 6. The molecule has 0 spiro atoms. The lowest BCUT2D eigenvalue weighted by atomic mass is 9.77. The summed E-state index contributed by atoms with van der Waals surface area (Å²) in [5.41, 5.74) is 12.0. The third kappa shape index (κ3) is 6.24. The highest BCUT2D eigenvalue weighted by Crippen LogP contribution is 2.50. The molecule has 310 valence electrons. The summed E-state index contributed by atoms with van der Waals surface area (Å²) in [6, 6.07) is 55.7. The van der Waals surface area contributed by atoms with Crippen molar-refractivity contribution in [1.29, 1.82) is 21.0 Å². The van der Waals surface area contributed by atoms with Crippen LogP contribution in [0, 0.1) is 50.7 Å². The number of benzene rings is 6. The zero-order valence-electron chi connectivity index (χ0n) is 36.2. The van der Waals surface area contributed by atoms with E-state index in [-0.39, 0.29) is 0 Å². The molecule has 0 fully saturated rings. The molecule has 0 amide bonds. The van der Waals surface area contributed by atoms with Gasteiger partial charge in [0.05, 0.1) is 74.5 Å². The summed E-state index contributed by atoms with van der Waals surface area (Å²) in [5.74, 6) is 0.596. The number of fused-ring (bicyclic) bond motifs is 6. The van der Waals surface area contributed by atoms with Gasteiger partial charge in [0.2, 0.25) is 0 Å². The van der Waals surface area contributed by atoms with Gasteiger partial charge in [-0.2, -0.15) is 21.0 Å². The fourth-order valence-corrected chi connectivity index (χ4v) is 10.1. The normalized spacial score (nSPS) is 17.5. The molecule has 2 unspecified atom stereocenters. The Morgan fingerprint density at radius 3 is 1.85 bits per heavy atom. The van der Waals surface area contributed by atoms with Crippen LogP contribution in [-0.4, -0.2) is 19.1 Å². The van der Waals surface area contributed by atoms with Gasteiger partial charge in [-0.05, 0) is 111 Å². The second-order valence-corrected chi connectivity index (χ2v) is 17.5. The molecule has 0 bridgehead atoms. The van der Waals surface area contributed by atoms with Gasteiger partial charge in [0.1, 0.15) is 0 Å². The van der Waals surface area contributed by atoms with Crippen LogP contribution in [0.3, 0.4) is 0 Å². The van der Waals surface area contributed by atoms with Crippen LogP contribution < -0.4 is 0 Å². The number of allylic oxidation sites excluding steroid dienone is 5. The highest BCUT2D eigenvalue weighted by atomic mass is 15.1. The monoisotopic (exact) mass is 846 g/mol. The Hall–Kier alpha value is -9.08. The molecule has 0 saturated carbocycles. The fraction of sp³-hybridized carbons (Fsp3) is 0.103. The summed E-state index contributed by atoms with van der Waals surface area (Å²) in [6.07, 6.45) is 11.7. The lowest BCUT2D eigenvalue weighted by Gasteiger charge is -2.39. The van der Waals surface area contributed by atoms with Crippen LogP contribution in [0.5, 0.6) is 0 Å². The van der Waals surface area contributed by atoms with Crippen molar-refractivity contribution >= 4 is 44.4 Å². The summed E-state index contributed by atoms with van der Waals surface area (Å²) >= 11 is 0. The Bertz CT molecular complexity index is 3650. The van der Waals surface area contributed by atoms with Gasteiger partial charge in [0, 0.05) is 55.1 Å². The molecule has 0 radical (unpaired) electrons. The smallest absolute Gasteiger partial charge is 0.160 e. The summed E-state index contributed by atoms with van der Waals surface area (Å²) < 4.78 is 4.67. The molecule has 9 aromatic rings. The molecule has 66 heavy (non-hydrogen) atoms. The maximum absolute atomic E-state index is 10.4. The second kappa shape index (κ2) is 15.3. The maximum atomic E-state index is 10.4. The molecular formula is C58H38N8. The van der Waals surface area contributed by atoms with Gasteiger partial charge in [-0.1, -0.05) is 97.1 Å². The van der Waals surface area contributed by atoms with Gasteiger partial charge in [-0.3, -0.25) is 0 Å². The van der Waals surface area contributed by atoms with Crippen molar-refractivity contribution in [2.45, 2.75) is 32.2 Å². The lowest BCUT2D eigenvalue weighted by Crippen LogP contribution is -2.33. The average molecular weight is 847 g/mol. The Morgan fingerprint density at radius 1 is 0.606 bits per heavy atom. The average Bonchev–Trinajstić information content (AvgIpc) is 3.87. The minimum atomic E-state index is -0.744. The third-order valence-electron chi connectivity index (χ3n) is 13.3. The summed E-state index contributed by atoms with van der Waals surface area (Å²) in [6.45, 7) is 4.22. The van der Waals surface area contributed by atoms with Crippen molar-refractivity contribution in [2.24, 2.45) is 5.41 Å². The van der Waals surface area contributed by atoms with Gasteiger partial charge in [-0.15, -0.1) is 0 Å². The Balaban J connectivity index is 1.27. The Kier molecular flexibility index (Phi) is 9.23. The zero-order valence-corrected chi connectivity index (χ0v) is 36.2. The van der Waals surface area contributed by atoms with Crippen molar-refractivity contribution in [3.05, 3.63) is 197 Å². The molecule has 0 saturated heterocycles. The summed E-state index contributed by atoms with van der Waals surface area (Å²) in [7, 11) is 0. The summed E-state index contributed by atoms with van der Waals surface area (Å²) in [5, 5.41) is 43.4. The van der Waals surface area contributed by atoms with Crippen molar-refractivity contribution < 1.29 is 0 Å². The highest BCUT2D eigenvalue weighted by molar-refractivity contribution is 6.10. The van der Waals surface area contributed by atoms with Crippen LogP contribution in [0.2, 0.25) is 0 Å². The first kappa shape index (κ1) is 39.7. The first-order chi connectivity index (χ1) is 32.2. The van der Waals surface area contributed by atoms with Gasteiger partial charge >= 0.3 is 0 Å². The minimum Gasteiger partial charge on any atom is -0.330 e. The van der Waals surface area contributed by atoms with E-state index >= 15 is 0 Å². The highest BCUT2D eigenvalue weighted by Gasteiger charge is 2.39. The summed E-state index contributed by atoms with van der Waals surface area (Å²) in [4.78, 5) is 10.6. The SMILES string of the molecule is CC1(C#N)C=Cc2c(c3cc(C#N)ccc3n2-c2cccc(-c3cc(-c4ccccc4)nc(-c4ccccc4)n3)c2C2=CC=CCC2(C)n2c3ccc(C#N)cc3c3cc(C#N)ccc32)C1. The molecule has 2 atom stereocenters. The Labute approximate surface area is 381 Å². The largest absolute Gasteiger partial charge is 0.330 e. The van der Waals surface area contributed by atoms with E-state index in [0.29, 0.717) is 35.4 Å². The predicted molar refractivity (Wildman–Crippen MR) is 261 cm³/mol. The van der Waals surface area contributed by atoms with Gasteiger partial charge in [0.25, 0.3) is 0 Å². The molecule has 3 heterocycles. The predicted octanol–water partition coefficient (Wildman–Crippen LogP) is 13.0. The molecule has 0 aliphatic heterocycles. The van der Waals surface area contributed by atoms with Crippen molar-refractivity contribution in [3.63, 3.8) is 0 Å². The molecular weight excluding hydrogens is 809 g/mol. The maximum Gasteiger partial charge on any atom is 0.160 e. The molecule has 2 aliphatic carbocycles. The second-order valence-electron chi connectivity index (χ2n) is 17.5. The van der Waals surface area contributed by atoms with E-state index in [9.17, 15) is 21.0 Å². The number of hydrogen-bond acceptors (Lipinski definition) is 6. The number of nitriles is 4. The molecule has 8 heteroatoms. The van der Waals surface area contributed by atoms with E-state index in [4.69, 9.17) is 9.97 Å². The molecule has 0 N–H and O–H groups in total. The first-order valence-corrected chi connectivity index (χ1v) is 21.8. The van der Waals surface area contributed by atoms with Crippen LogP contribution in [0.25, 0.3) is 83.9 Å². The van der Waals surface area contributed by atoms with Gasteiger partial charge in [-0.25, -0.2) is 9.97 Å². The molecule has 11 rings (SSSR count). The molecule has 6 aromatic carbocycles. The Morgan fingerprint density at radius 2 is 1.21 bits per heavy atom. The van der Waals surface area contributed by atoms with Crippen LogP contribution in [0.4, 0.5) is 0 Å². The van der Waals surface area contributed by atoms with Crippen LogP contribution >= 0.6 is 0 Å². The van der Waals surface area contributed by atoms with Crippen molar-refractivity contribution in [2.75, 3.05) is 0 Å². The van der Waals surface area contributed by atoms with Crippen LogP contribution in [0.15, 0.2) is 164 Å². The standard InChI is InChI=1S/C58H38N8/c1-57(36-62)27-25-51-46(32-57)45-30-37(33-59)19-22-50(45)65(51)54-18-11-16-42(49-31-48(40-12-5-3-6-13-40)63-56(64-49)41-14-7-4-8-15-41)55(54)47-17-9-10-26-58(47,2)66-52-23-20-38(34-60)28-43(52)44-29-39(35-61)21-24-53(44)66/h3-25,27-31H,26,32H2,1-2H3. The van der Waals surface area contributed by atoms with E-state index in [0.717, 1.165) is 88.9 Å². The molecule has 8 nitrogen and oxygen atoms in total. The fourth-order valence-electron chi connectivity index (χ4n) is 10.1. The minimum absolute atomic E-state index is 0.482. The first-order valence-electron chi connectivity index (χ1n) is 21.8. The van der Waals surface area contributed by atoms with Crippen molar-refractivity contribution in [1.82, 2.24) is 19.1 Å². The lowest BCUT2D eigenvalue weighted by molar-refractivity contribution is 0.456. The number of hydrogen-bond donors (Lipinski definition) is 0. The van der Waals surface area contributed by atoms with Crippen LogP contribution in [-0.2, 0) is 12.0 Å². The zero-order chi connectivity index (χ0) is 45.2. The third-order valence-corrected chi connectivity index (χ3v) is 13.3. The van der Waals surface area contributed by atoms with E-state index in [1.165, 1.54) is 0 Å². The van der Waals surface area contributed by atoms with Crippen LogP contribution in [0.1, 0.15) is 53.8 Å². The van der Waals surface area contributed by atoms with E-state index in [1.54, 1.807) is 0 Å². The molecule has 2 aliphatic rings. The van der Waals surface area contributed by atoms with Crippen molar-refractivity contribution in [3.8, 4) is 63.9 Å².